The molecule has 1 aromatic carbocycles. The van der Waals surface area contributed by atoms with Crippen molar-refractivity contribution in [2.75, 3.05) is 19.8 Å². The first kappa shape index (κ1) is 14.5. The molecular formula is C15H21N3O2. The average molecular weight is 275 g/mol. The predicted molar refractivity (Wildman–Crippen MR) is 78.8 cm³/mol. The zero-order valence-corrected chi connectivity index (χ0v) is 11.8. The molecule has 2 aromatic rings. The first-order valence-electron chi connectivity index (χ1n) is 7.10. The molecule has 1 amide bonds. The minimum atomic E-state index is -0.0601. The number of aromatic nitrogens is 2. The Morgan fingerprint density at radius 3 is 3.05 bits per heavy atom. The summed E-state index contributed by atoms with van der Waals surface area (Å²) in [7, 11) is 0. The second-order valence-electron chi connectivity index (χ2n) is 4.71. The van der Waals surface area contributed by atoms with Crippen LogP contribution < -0.4 is 5.32 Å². The van der Waals surface area contributed by atoms with Crippen LogP contribution in [0, 0.1) is 0 Å². The summed E-state index contributed by atoms with van der Waals surface area (Å²) in [6.45, 7) is 4.27. The lowest BCUT2D eigenvalue weighted by atomic mass is 10.2. The molecular weight excluding hydrogens is 254 g/mol. The Hall–Kier alpha value is -1.88. The molecule has 0 unspecified atom stereocenters. The van der Waals surface area contributed by atoms with E-state index in [1.54, 1.807) is 12.4 Å². The molecule has 108 valence electrons. The summed E-state index contributed by atoms with van der Waals surface area (Å²) < 4.78 is 5.44. The van der Waals surface area contributed by atoms with Gasteiger partial charge >= 0.3 is 0 Å². The van der Waals surface area contributed by atoms with Gasteiger partial charge in [-0.2, -0.15) is 0 Å². The summed E-state index contributed by atoms with van der Waals surface area (Å²) in [5.41, 5.74) is 2.39. The van der Waals surface area contributed by atoms with E-state index in [0.717, 1.165) is 36.9 Å². The largest absolute Gasteiger partial charge is 0.381 e. The minimum Gasteiger partial charge on any atom is -0.381 e. The topological polar surface area (TPSA) is 67.0 Å². The zero-order chi connectivity index (χ0) is 14.2. The maximum atomic E-state index is 12.0. The highest BCUT2D eigenvalue weighted by Gasteiger charge is 2.06. The number of fused-ring (bicyclic) bond motifs is 1. The molecule has 2 rings (SSSR count). The normalized spacial score (nSPS) is 10.8. The molecule has 1 aromatic heterocycles. The molecule has 0 saturated carbocycles. The number of rotatable bonds is 8. The zero-order valence-electron chi connectivity index (χ0n) is 11.8. The van der Waals surface area contributed by atoms with Crippen molar-refractivity contribution in [3.05, 3.63) is 30.1 Å². The van der Waals surface area contributed by atoms with Crippen molar-refractivity contribution >= 4 is 16.9 Å². The van der Waals surface area contributed by atoms with Gasteiger partial charge in [-0.25, -0.2) is 4.98 Å². The van der Waals surface area contributed by atoms with E-state index >= 15 is 0 Å². The Morgan fingerprint density at radius 2 is 2.20 bits per heavy atom. The maximum Gasteiger partial charge on any atom is 0.251 e. The fourth-order valence-corrected chi connectivity index (χ4v) is 1.90. The van der Waals surface area contributed by atoms with Crippen LogP contribution in [0.1, 0.15) is 36.5 Å². The second kappa shape index (κ2) is 7.65. The SMILES string of the molecule is CCCCOCCCNC(=O)c1ccc2nc[nH]c2c1. The van der Waals surface area contributed by atoms with Gasteiger partial charge in [0.2, 0.25) is 0 Å². The first-order valence-corrected chi connectivity index (χ1v) is 7.10. The third-order valence-electron chi connectivity index (χ3n) is 3.08. The summed E-state index contributed by atoms with van der Waals surface area (Å²) in [4.78, 5) is 19.1. The molecule has 0 fully saturated rings. The highest BCUT2D eigenvalue weighted by atomic mass is 16.5. The fourth-order valence-electron chi connectivity index (χ4n) is 1.90. The molecule has 0 spiro atoms. The van der Waals surface area contributed by atoms with Crippen LogP contribution in [0.2, 0.25) is 0 Å². The summed E-state index contributed by atoms with van der Waals surface area (Å²) in [5, 5.41) is 2.89. The number of nitrogens with zero attached hydrogens (tertiary/aromatic N) is 1. The molecule has 0 radical (unpaired) electrons. The van der Waals surface area contributed by atoms with Crippen molar-refractivity contribution in [2.45, 2.75) is 26.2 Å². The van der Waals surface area contributed by atoms with E-state index in [-0.39, 0.29) is 5.91 Å². The van der Waals surface area contributed by atoms with Gasteiger partial charge in [-0.05, 0) is 31.0 Å². The molecule has 1 heterocycles. The van der Waals surface area contributed by atoms with E-state index in [1.807, 2.05) is 12.1 Å². The van der Waals surface area contributed by atoms with Gasteiger partial charge < -0.3 is 15.0 Å². The molecule has 0 aliphatic heterocycles. The highest BCUT2D eigenvalue weighted by molar-refractivity contribution is 5.97. The molecule has 0 aliphatic carbocycles. The van der Waals surface area contributed by atoms with Crippen molar-refractivity contribution in [3.63, 3.8) is 0 Å². The Morgan fingerprint density at radius 1 is 1.35 bits per heavy atom. The highest BCUT2D eigenvalue weighted by Crippen LogP contribution is 2.11. The number of hydrogen-bond donors (Lipinski definition) is 2. The van der Waals surface area contributed by atoms with Gasteiger partial charge in [0.25, 0.3) is 5.91 Å². The molecule has 5 heteroatoms. The molecule has 0 atom stereocenters. The summed E-state index contributed by atoms with van der Waals surface area (Å²) in [6, 6.07) is 5.44. The summed E-state index contributed by atoms with van der Waals surface area (Å²) >= 11 is 0. The number of nitrogens with one attached hydrogen (secondary N) is 2. The van der Waals surface area contributed by atoms with Crippen LogP contribution in [0.25, 0.3) is 11.0 Å². The van der Waals surface area contributed by atoms with Gasteiger partial charge in [0, 0.05) is 25.3 Å². The van der Waals surface area contributed by atoms with Gasteiger partial charge in [0.1, 0.15) is 0 Å². The summed E-state index contributed by atoms with van der Waals surface area (Å²) in [5.74, 6) is -0.0601. The van der Waals surface area contributed by atoms with Gasteiger partial charge in [-0.1, -0.05) is 13.3 Å². The first-order chi connectivity index (χ1) is 9.81. The van der Waals surface area contributed by atoms with E-state index in [9.17, 15) is 4.79 Å². The second-order valence-corrected chi connectivity index (χ2v) is 4.71. The molecule has 5 nitrogen and oxygen atoms in total. The number of amides is 1. The van der Waals surface area contributed by atoms with Crippen molar-refractivity contribution in [1.82, 2.24) is 15.3 Å². The number of hydrogen-bond acceptors (Lipinski definition) is 3. The minimum absolute atomic E-state index is 0.0601. The Balaban J connectivity index is 1.71. The van der Waals surface area contributed by atoms with Crippen LogP contribution in [0.5, 0.6) is 0 Å². The van der Waals surface area contributed by atoms with Crippen molar-refractivity contribution in [1.29, 1.82) is 0 Å². The third-order valence-corrected chi connectivity index (χ3v) is 3.08. The number of unbranched alkanes of at least 4 members (excludes halogenated alkanes) is 1. The van der Waals surface area contributed by atoms with E-state index < -0.39 is 0 Å². The van der Waals surface area contributed by atoms with Crippen molar-refractivity contribution in [3.8, 4) is 0 Å². The Bertz CT molecular complexity index is 551. The number of H-pyrrole nitrogens is 1. The monoisotopic (exact) mass is 275 g/mol. The molecule has 0 bridgehead atoms. The van der Waals surface area contributed by atoms with Gasteiger partial charge in [0.05, 0.1) is 17.4 Å². The number of imidazole rings is 1. The Kier molecular flexibility index (Phi) is 5.55. The molecule has 0 saturated heterocycles. The number of aromatic amines is 1. The smallest absolute Gasteiger partial charge is 0.251 e. The molecule has 2 N–H and O–H groups in total. The summed E-state index contributed by atoms with van der Waals surface area (Å²) in [6.07, 6.45) is 4.70. The van der Waals surface area contributed by atoms with E-state index in [4.69, 9.17) is 4.74 Å². The van der Waals surface area contributed by atoms with Crippen LogP contribution in [-0.2, 0) is 4.74 Å². The van der Waals surface area contributed by atoms with Gasteiger partial charge in [0.15, 0.2) is 0 Å². The standard InChI is InChI=1S/C15H21N3O2/c1-2-3-8-20-9-4-7-16-15(19)12-5-6-13-14(10-12)18-11-17-13/h5-6,10-11H,2-4,7-9H2,1H3,(H,16,19)(H,17,18). The van der Waals surface area contributed by atoms with E-state index in [0.29, 0.717) is 18.7 Å². The lowest BCUT2D eigenvalue weighted by molar-refractivity contribution is 0.0940. The third kappa shape index (κ3) is 4.06. The number of ether oxygens (including phenoxy) is 1. The van der Waals surface area contributed by atoms with Crippen LogP contribution >= 0.6 is 0 Å². The lowest BCUT2D eigenvalue weighted by Gasteiger charge is -2.06. The van der Waals surface area contributed by atoms with Crippen LogP contribution in [0.15, 0.2) is 24.5 Å². The fraction of sp³-hybridized carbons (Fsp3) is 0.467. The van der Waals surface area contributed by atoms with E-state index in [1.165, 1.54) is 0 Å². The molecule has 0 aliphatic rings. The van der Waals surface area contributed by atoms with Crippen LogP contribution in [-0.4, -0.2) is 35.6 Å². The lowest BCUT2D eigenvalue weighted by Crippen LogP contribution is -2.25. The van der Waals surface area contributed by atoms with Crippen LogP contribution in [0.3, 0.4) is 0 Å². The van der Waals surface area contributed by atoms with Crippen LogP contribution in [0.4, 0.5) is 0 Å². The van der Waals surface area contributed by atoms with E-state index in [2.05, 4.69) is 22.2 Å². The average Bonchev–Trinajstić information content (AvgIpc) is 2.93. The van der Waals surface area contributed by atoms with Gasteiger partial charge in [-0.3, -0.25) is 4.79 Å². The molecule has 20 heavy (non-hydrogen) atoms. The quantitative estimate of drug-likeness (QED) is 0.727. The predicted octanol–water partition coefficient (Wildman–Crippen LogP) is 2.50. The van der Waals surface area contributed by atoms with Crippen molar-refractivity contribution < 1.29 is 9.53 Å². The number of carbonyl (C=O) groups is 1. The number of carbonyl (C=O) groups excluding carboxylic acids is 1. The Labute approximate surface area is 118 Å². The van der Waals surface area contributed by atoms with Gasteiger partial charge in [-0.15, -0.1) is 0 Å². The maximum absolute atomic E-state index is 12.0. The van der Waals surface area contributed by atoms with Crippen molar-refractivity contribution in [2.24, 2.45) is 0 Å². The number of benzene rings is 1.